The van der Waals surface area contributed by atoms with Crippen LogP contribution in [0.15, 0.2) is 0 Å². The molecule has 0 radical (unpaired) electrons. The molecule has 0 saturated carbocycles. The van der Waals surface area contributed by atoms with Crippen molar-refractivity contribution in [3.05, 3.63) is 0 Å². The highest BCUT2D eigenvalue weighted by molar-refractivity contribution is 6.14. The molecule has 0 aromatic heterocycles. The number of aliphatic hydroxyl groups is 9. The highest BCUT2D eigenvalue weighted by Gasteiger charge is 2.52. The van der Waals surface area contributed by atoms with Crippen LogP contribution < -0.4 is 14.5 Å². The summed E-state index contributed by atoms with van der Waals surface area (Å²) in [5.41, 5.74) is 0. The van der Waals surface area contributed by atoms with Crippen molar-refractivity contribution in [1.29, 1.82) is 0 Å². The van der Waals surface area contributed by atoms with Gasteiger partial charge in [0.25, 0.3) is 0 Å². The van der Waals surface area contributed by atoms with Crippen LogP contribution in [0.2, 0.25) is 0 Å². The van der Waals surface area contributed by atoms with Crippen molar-refractivity contribution in [1.82, 2.24) is 14.5 Å². The molecule has 0 spiro atoms. The van der Waals surface area contributed by atoms with Gasteiger partial charge in [0.1, 0.15) is 67.0 Å². The number of hydrogen-bond acceptors (Lipinski definition) is 16. The van der Waals surface area contributed by atoms with E-state index in [4.69, 9.17) is 54.3 Å². The molecule has 2 saturated heterocycles. The van der Waals surface area contributed by atoms with Gasteiger partial charge in [-0.1, -0.05) is 0 Å². The van der Waals surface area contributed by atoms with Gasteiger partial charge in [0.15, 0.2) is 12.6 Å². The lowest BCUT2D eigenvalue weighted by Crippen LogP contribution is -2.68. The van der Waals surface area contributed by atoms with Crippen molar-refractivity contribution >= 4 is 35.3 Å². The van der Waals surface area contributed by atoms with Gasteiger partial charge >= 0.3 is 0 Å². The summed E-state index contributed by atoms with van der Waals surface area (Å²) in [6, 6.07) is -3.82. The summed E-state index contributed by atoms with van der Waals surface area (Å²) < 4.78 is 22.5. The zero-order valence-electron chi connectivity index (χ0n) is 19.2. The van der Waals surface area contributed by atoms with E-state index < -0.39 is 112 Å². The van der Waals surface area contributed by atoms with Crippen LogP contribution in [0.4, 0.5) is 0 Å². The van der Waals surface area contributed by atoms with Crippen molar-refractivity contribution in [2.75, 3.05) is 26.4 Å². The first-order valence-corrected chi connectivity index (χ1v) is 12.3. The normalized spacial score (nSPS) is 40.2. The van der Waals surface area contributed by atoms with Crippen LogP contribution in [0.5, 0.6) is 0 Å². The van der Waals surface area contributed by atoms with Gasteiger partial charge in [-0.25, -0.2) is 14.5 Å². The largest absolute Gasteiger partial charge is 0.395 e. The van der Waals surface area contributed by atoms with Gasteiger partial charge < -0.3 is 64.9 Å². The molecule has 6 unspecified atom stereocenters. The third-order valence-corrected chi connectivity index (χ3v) is 7.00. The standard InChI is InChI=1S/C18H34Cl3N3O13/c19-22-5(1-25)11(30)15(6(29)2-26)36-18-10(24-21)14(33)16(8(4-28)35-18)37-17-9(23-20)13(32)12(31)7(3-27)34-17/h5-18,22-33H,1-4H2/t5?,6?,7?,8?,9?,10?,11-,12+,13-,14-,15+,16+,17+,18+/m1/s1. The summed E-state index contributed by atoms with van der Waals surface area (Å²) in [7, 11) is 0. The van der Waals surface area contributed by atoms with E-state index in [1.807, 2.05) is 0 Å². The molecule has 0 aliphatic carbocycles. The second-order valence-corrected chi connectivity index (χ2v) is 9.19. The van der Waals surface area contributed by atoms with Gasteiger partial charge in [-0.2, -0.15) is 0 Å². The smallest absolute Gasteiger partial charge is 0.177 e. The number of aliphatic hydroxyl groups excluding tert-OH is 9. The summed E-state index contributed by atoms with van der Waals surface area (Å²) >= 11 is 17.0. The van der Waals surface area contributed by atoms with Gasteiger partial charge in [0, 0.05) is 0 Å². The van der Waals surface area contributed by atoms with Crippen molar-refractivity contribution < 1.29 is 64.9 Å². The van der Waals surface area contributed by atoms with E-state index >= 15 is 0 Å². The Morgan fingerprint density at radius 2 is 1.32 bits per heavy atom. The fourth-order valence-electron chi connectivity index (χ4n) is 4.03. The Bertz CT molecular complexity index is 663. The maximum absolute atomic E-state index is 11.0. The molecule has 2 heterocycles. The molecular weight excluding hydrogens is 573 g/mol. The Morgan fingerprint density at radius 3 is 1.81 bits per heavy atom. The van der Waals surface area contributed by atoms with Crippen LogP contribution in [-0.4, -0.2) is 158 Å². The molecule has 12 N–H and O–H groups in total. The van der Waals surface area contributed by atoms with E-state index in [1.54, 1.807) is 0 Å². The van der Waals surface area contributed by atoms with E-state index in [9.17, 15) is 46.0 Å². The molecule has 2 aliphatic heterocycles. The molecular formula is C18H34Cl3N3O13. The van der Waals surface area contributed by atoms with E-state index in [2.05, 4.69) is 14.5 Å². The Balaban J connectivity index is 2.26. The highest BCUT2D eigenvalue weighted by atomic mass is 35.5. The van der Waals surface area contributed by atoms with Crippen molar-refractivity contribution in [3.8, 4) is 0 Å². The quantitative estimate of drug-likeness (QED) is 0.0823. The topological polar surface area (TPSA) is 255 Å². The van der Waals surface area contributed by atoms with E-state index in [-0.39, 0.29) is 0 Å². The van der Waals surface area contributed by atoms with E-state index in [0.717, 1.165) is 0 Å². The van der Waals surface area contributed by atoms with E-state index in [1.165, 1.54) is 0 Å². The van der Waals surface area contributed by atoms with Gasteiger partial charge in [-0.05, 0) is 35.3 Å². The van der Waals surface area contributed by atoms with Crippen LogP contribution in [0.1, 0.15) is 0 Å². The number of ether oxygens (including phenoxy) is 4. The molecule has 220 valence electrons. The van der Waals surface area contributed by atoms with Crippen LogP contribution in [0.25, 0.3) is 0 Å². The molecule has 37 heavy (non-hydrogen) atoms. The third kappa shape index (κ3) is 7.70. The lowest BCUT2D eigenvalue weighted by Gasteiger charge is -2.48. The lowest BCUT2D eigenvalue weighted by atomic mass is 9.95. The Hall–Kier alpha value is 0.230. The number of nitrogens with one attached hydrogen (secondary N) is 3. The molecule has 0 aromatic rings. The van der Waals surface area contributed by atoms with Crippen molar-refractivity contribution in [2.45, 2.75) is 85.6 Å². The minimum Gasteiger partial charge on any atom is -0.395 e. The second kappa shape index (κ2) is 15.9. The van der Waals surface area contributed by atoms with Crippen LogP contribution in [0, 0.1) is 0 Å². The first-order valence-electron chi connectivity index (χ1n) is 11.2. The monoisotopic (exact) mass is 605 g/mol. The summed E-state index contributed by atoms with van der Waals surface area (Å²) in [5, 5.41) is 90.3. The molecule has 2 aliphatic rings. The van der Waals surface area contributed by atoms with Crippen LogP contribution >= 0.6 is 35.3 Å². The number of halogens is 3. The number of hydrogen-bond donors (Lipinski definition) is 12. The maximum atomic E-state index is 11.0. The van der Waals surface area contributed by atoms with Gasteiger partial charge in [-0.3, -0.25) is 0 Å². The molecule has 16 nitrogen and oxygen atoms in total. The van der Waals surface area contributed by atoms with Crippen molar-refractivity contribution in [3.63, 3.8) is 0 Å². The zero-order valence-corrected chi connectivity index (χ0v) is 21.5. The fourth-order valence-corrected chi connectivity index (χ4v) is 4.69. The molecule has 0 aromatic carbocycles. The molecule has 14 atom stereocenters. The number of rotatable bonds is 14. The molecule has 0 amide bonds. The average molecular weight is 607 g/mol. The van der Waals surface area contributed by atoms with E-state index in [0.29, 0.717) is 0 Å². The van der Waals surface area contributed by atoms with Gasteiger partial charge in [-0.15, -0.1) is 0 Å². The van der Waals surface area contributed by atoms with Crippen molar-refractivity contribution in [2.24, 2.45) is 0 Å². The van der Waals surface area contributed by atoms with Gasteiger partial charge in [0.2, 0.25) is 0 Å². The molecule has 19 heteroatoms. The summed E-state index contributed by atoms with van der Waals surface area (Å²) in [4.78, 5) is 6.51. The highest BCUT2D eigenvalue weighted by Crippen LogP contribution is 2.31. The minimum absolute atomic E-state index is 0.685. The summed E-state index contributed by atoms with van der Waals surface area (Å²) in [6.45, 7) is -3.02. The average Bonchev–Trinajstić information content (AvgIpc) is 2.90. The summed E-state index contributed by atoms with van der Waals surface area (Å²) in [6.07, 6.45) is -16.9. The second-order valence-electron chi connectivity index (χ2n) is 8.53. The molecule has 2 rings (SSSR count). The van der Waals surface area contributed by atoms with Crippen LogP contribution in [-0.2, 0) is 18.9 Å². The van der Waals surface area contributed by atoms with Gasteiger partial charge in [0.05, 0.1) is 32.5 Å². The SMILES string of the molecule is OCC(NCl)[C@@H](O)[C@@H](O[C@@H]1OC(CO)[C@H](O[C@@H]2OC(CO)[C@H](O)[C@H](O)C2NCl)[C@H](O)C1NCl)C(O)CO. The Morgan fingerprint density at radius 1 is 0.757 bits per heavy atom. The first kappa shape index (κ1) is 33.4. The first-order chi connectivity index (χ1) is 17.6. The predicted octanol–water partition coefficient (Wildman–Crippen LogP) is -5.68. The fraction of sp³-hybridized carbons (Fsp3) is 1.00. The molecule has 0 bridgehead atoms. The lowest BCUT2D eigenvalue weighted by molar-refractivity contribution is -0.340. The van der Waals surface area contributed by atoms with Crippen LogP contribution in [0.3, 0.4) is 0 Å². The maximum Gasteiger partial charge on any atom is 0.177 e. The Labute approximate surface area is 226 Å². The third-order valence-electron chi connectivity index (χ3n) is 6.22. The predicted molar refractivity (Wildman–Crippen MR) is 124 cm³/mol. The molecule has 2 fully saturated rings. The Kier molecular flexibility index (Phi) is 14.3. The minimum atomic E-state index is -1.71. The zero-order chi connectivity index (χ0) is 27.9. The summed E-state index contributed by atoms with van der Waals surface area (Å²) in [5.74, 6) is 0.